The zero-order chi connectivity index (χ0) is 20.6. The van der Waals surface area contributed by atoms with Crippen LogP contribution in [-0.4, -0.2) is 34.3 Å². The van der Waals surface area contributed by atoms with Crippen LogP contribution in [0.2, 0.25) is 15.1 Å². The number of hydrogen-bond donors (Lipinski definition) is 1. The summed E-state index contributed by atoms with van der Waals surface area (Å²) in [6.07, 6.45) is 1.29. The molecule has 0 radical (unpaired) electrons. The lowest BCUT2D eigenvalue weighted by atomic mass is 10.2. The first-order valence-corrected chi connectivity index (χ1v) is 8.96. The van der Waals surface area contributed by atoms with Gasteiger partial charge in [0.1, 0.15) is 11.1 Å². The second kappa shape index (κ2) is 7.87. The molecule has 1 N–H and O–H groups in total. The van der Waals surface area contributed by atoms with Crippen molar-refractivity contribution >= 4 is 51.7 Å². The lowest BCUT2D eigenvalue weighted by Gasteiger charge is -2.19. The molecule has 10 heteroatoms. The maximum atomic E-state index is 12.7. The van der Waals surface area contributed by atoms with Gasteiger partial charge in [-0.05, 0) is 6.92 Å². The quantitative estimate of drug-likeness (QED) is 0.615. The van der Waals surface area contributed by atoms with E-state index in [0.29, 0.717) is 11.4 Å². The highest BCUT2D eigenvalue weighted by atomic mass is 35.5. The summed E-state index contributed by atoms with van der Waals surface area (Å²) in [4.78, 5) is 28.1. The maximum Gasteiger partial charge on any atom is 0.343 e. The Hall–Kier alpha value is -2.48. The van der Waals surface area contributed by atoms with Crippen molar-refractivity contribution in [3.63, 3.8) is 0 Å². The fourth-order valence-corrected chi connectivity index (χ4v) is 3.63. The summed E-state index contributed by atoms with van der Waals surface area (Å²) < 4.78 is 11.5. The van der Waals surface area contributed by atoms with Gasteiger partial charge in [0.25, 0.3) is 0 Å². The third-order valence-corrected chi connectivity index (χ3v) is 4.77. The number of phenolic OH excluding ortho intramolecular Hbond substituents is 1. The normalized spacial score (nSPS) is 10.9. The number of carbonyl (C=O) groups excluding carboxylic acids is 1. The number of pyridine rings is 2. The van der Waals surface area contributed by atoms with Crippen molar-refractivity contribution in [1.29, 1.82) is 0 Å². The number of hydrogen-bond acceptors (Lipinski definition) is 6. The number of aromatic nitrogens is 2. The fraction of sp³-hybridized carbons (Fsp3) is 0.167. The predicted octanol–water partition coefficient (Wildman–Crippen LogP) is 3.91. The molecule has 0 saturated carbocycles. The molecule has 0 fully saturated rings. The van der Waals surface area contributed by atoms with E-state index >= 15 is 0 Å². The molecule has 2 heterocycles. The average Bonchev–Trinajstić information content (AvgIpc) is 2.62. The number of ether oxygens (including phenoxy) is 2. The van der Waals surface area contributed by atoms with E-state index in [-0.39, 0.29) is 37.6 Å². The van der Waals surface area contributed by atoms with Crippen molar-refractivity contribution in [3.8, 4) is 17.3 Å². The van der Waals surface area contributed by atoms with Crippen LogP contribution in [-0.2, 0) is 9.53 Å². The first kappa shape index (κ1) is 20.3. The van der Waals surface area contributed by atoms with E-state index in [4.69, 9.17) is 39.5 Å². The summed E-state index contributed by atoms with van der Waals surface area (Å²) in [6, 6.07) is 3.97. The Balaban J connectivity index is 2.37. The van der Waals surface area contributed by atoms with Gasteiger partial charge in [0.15, 0.2) is 12.0 Å². The zero-order valence-corrected chi connectivity index (χ0v) is 16.9. The van der Waals surface area contributed by atoms with Gasteiger partial charge in [-0.2, -0.15) is 0 Å². The molecule has 7 nitrogen and oxygen atoms in total. The fourth-order valence-electron chi connectivity index (χ4n) is 2.75. The van der Waals surface area contributed by atoms with Gasteiger partial charge in [-0.1, -0.05) is 34.8 Å². The second-order valence-corrected chi connectivity index (χ2v) is 6.96. The third-order valence-electron chi connectivity index (χ3n) is 3.91. The van der Waals surface area contributed by atoms with Gasteiger partial charge < -0.3 is 19.1 Å². The van der Waals surface area contributed by atoms with Crippen LogP contribution in [0.15, 0.2) is 29.2 Å². The Morgan fingerprint density at radius 3 is 2.43 bits per heavy atom. The number of halogens is 3. The molecule has 2 aromatic heterocycles. The van der Waals surface area contributed by atoms with Crippen LogP contribution in [0, 0.1) is 6.92 Å². The largest absolute Gasteiger partial charge is 0.508 e. The molecule has 0 aliphatic carbocycles. The predicted molar refractivity (Wildman–Crippen MR) is 106 cm³/mol. The Morgan fingerprint density at radius 1 is 1.18 bits per heavy atom. The van der Waals surface area contributed by atoms with Gasteiger partial charge >= 0.3 is 5.97 Å². The number of benzene rings is 1. The number of fused-ring (bicyclic) bond motifs is 1. The number of aryl methyl sites for hydroxylation is 1. The number of phenols is 1. The first-order chi connectivity index (χ1) is 13.2. The van der Waals surface area contributed by atoms with Gasteiger partial charge in [-0.25, -0.2) is 9.78 Å². The van der Waals surface area contributed by atoms with Crippen LogP contribution >= 0.6 is 34.8 Å². The summed E-state index contributed by atoms with van der Waals surface area (Å²) in [6.45, 7) is 1.24. The van der Waals surface area contributed by atoms with Crippen molar-refractivity contribution < 1.29 is 19.4 Å². The van der Waals surface area contributed by atoms with Crippen molar-refractivity contribution in [1.82, 2.24) is 9.55 Å². The topological polar surface area (TPSA) is 90.7 Å². The Morgan fingerprint density at radius 2 is 1.82 bits per heavy atom. The van der Waals surface area contributed by atoms with Crippen LogP contribution < -0.4 is 10.2 Å². The monoisotopic (exact) mass is 442 g/mol. The van der Waals surface area contributed by atoms with Crippen LogP contribution in [0.4, 0.5) is 0 Å². The highest BCUT2D eigenvalue weighted by Crippen LogP contribution is 2.37. The third kappa shape index (κ3) is 3.61. The van der Waals surface area contributed by atoms with E-state index in [2.05, 4.69) is 9.72 Å². The molecular formula is C18H13Cl3N2O5. The molecule has 3 rings (SSSR count). The van der Waals surface area contributed by atoms with E-state index in [1.807, 2.05) is 0 Å². The van der Waals surface area contributed by atoms with E-state index in [0.717, 1.165) is 0 Å². The van der Waals surface area contributed by atoms with Crippen molar-refractivity contribution in [2.24, 2.45) is 0 Å². The minimum Gasteiger partial charge on any atom is -0.508 e. The molecule has 3 aromatic rings. The van der Waals surface area contributed by atoms with Gasteiger partial charge in [0, 0.05) is 23.9 Å². The molecule has 0 saturated heterocycles. The van der Waals surface area contributed by atoms with Crippen molar-refractivity contribution in [3.05, 3.63) is 55.4 Å². The van der Waals surface area contributed by atoms with Gasteiger partial charge in [-0.15, -0.1) is 0 Å². The smallest absolute Gasteiger partial charge is 0.343 e. The number of carbonyl (C=O) groups is 1. The summed E-state index contributed by atoms with van der Waals surface area (Å²) in [5.74, 6) is -0.840. The lowest BCUT2D eigenvalue weighted by Crippen LogP contribution is -2.17. The summed E-state index contributed by atoms with van der Waals surface area (Å²) >= 11 is 19.0. The highest BCUT2D eigenvalue weighted by Gasteiger charge is 2.21. The molecule has 146 valence electrons. The van der Waals surface area contributed by atoms with Crippen LogP contribution in [0.25, 0.3) is 16.6 Å². The highest BCUT2D eigenvalue weighted by molar-refractivity contribution is 6.38. The Bertz CT molecular complexity index is 1140. The molecule has 0 aliphatic heterocycles. The van der Waals surface area contributed by atoms with Gasteiger partial charge in [0.05, 0.1) is 39.6 Å². The van der Waals surface area contributed by atoms with Gasteiger partial charge in [-0.3, -0.25) is 4.79 Å². The molecule has 0 spiro atoms. The number of aromatic hydroxyl groups is 1. The summed E-state index contributed by atoms with van der Waals surface area (Å²) in [5.41, 5.74) is 0.635. The Kier molecular flexibility index (Phi) is 5.69. The molecule has 28 heavy (non-hydrogen) atoms. The standard InChI is InChI=1S/C18H13Cl3N2O5/c1-8-3-13(25)15-17(12(21)6-22-18(15)28-7-14(26)27-2)23(8)16-10(19)4-9(24)5-11(16)20/h3-6,24H,7H2,1-2H3. The van der Waals surface area contributed by atoms with E-state index in [9.17, 15) is 14.7 Å². The summed E-state index contributed by atoms with van der Waals surface area (Å²) in [5, 5.41) is 10.2. The molecule has 0 bridgehead atoms. The maximum absolute atomic E-state index is 12.7. The van der Waals surface area contributed by atoms with E-state index in [1.165, 1.54) is 31.5 Å². The second-order valence-electron chi connectivity index (χ2n) is 5.74. The van der Waals surface area contributed by atoms with Crippen molar-refractivity contribution in [2.75, 3.05) is 13.7 Å². The average molecular weight is 444 g/mol. The van der Waals surface area contributed by atoms with Crippen LogP contribution in [0.3, 0.4) is 0 Å². The minimum absolute atomic E-state index is 0.0437. The molecule has 0 atom stereocenters. The van der Waals surface area contributed by atoms with Crippen LogP contribution in [0.1, 0.15) is 5.69 Å². The SMILES string of the molecule is COC(=O)COc1ncc(Cl)c2c1c(=O)cc(C)n2-c1c(Cl)cc(O)cc1Cl. The zero-order valence-electron chi connectivity index (χ0n) is 14.6. The molecule has 0 amide bonds. The number of methoxy groups -OCH3 is 1. The molecule has 0 aliphatic rings. The lowest BCUT2D eigenvalue weighted by molar-refractivity contribution is -0.142. The Labute approximate surface area is 174 Å². The number of nitrogens with zero attached hydrogens (tertiary/aromatic N) is 2. The number of esters is 1. The van der Waals surface area contributed by atoms with Crippen LogP contribution in [0.5, 0.6) is 11.6 Å². The molecule has 1 aromatic carbocycles. The first-order valence-electron chi connectivity index (χ1n) is 7.83. The minimum atomic E-state index is -0.637. The summed E-state index contributed by atoms with van der Waals surface area (Å²) in [7, 11) is 1.21. The molecular weight excluding hydrogens is 431 g/mol. The van der Waals surface area contributed by atoms with Gasteiger partial charge in [0.2, 0.25) is 5.88 Å². The number of rotatable bonds is 4. The molecule has 0 unspecified atom stereocenters. The van der Waals surface area contributed by atoms with E-state index < -0.39 is 18.0 Å². The van der Waals surface area contributed by atoms with Crippen molar-refractivity contribution in [2.45, 2.75) is 6.92 Å². The van der Waals surface area contributed by atoms with E-state index in [1.54, 1.807) is 11.5 Å².